The van der Waals surface area contributed by atoms with Crippen molar-refractivity contribution < 1.29 is 9.84 Å². The Morgan fingerprint density at radius 2 is 2.08 bits per heavy atom. The van der Waals surface area contributed by atoms with Crippen molar-refractivity contribution in [1.82, 2.24) is 5.32 Å². The molecule has 0 spiro atoms. The molecule has 1 aliphatic rings. The summed E-state index contributed by atoms with van der Waals surface area (Å²) in [5.74, 6) is 0. The van der Waals surface area contributed by atoms with Gasteiger partial charge in [-0.25, -0.2) is 0 Å². The van der Waals surface area contributed by atoms with Crippen LogP contribution in [-0.2, 0) is 4.74 Å². The lowest BCUT2D eigenvalue weighted by Gasteiger charge is -2.38. The number of hydrogen-bond donors (Lipinski definition) is 2. The van der Waals surface area contributed by atoms with Gasteiger partial charge in [-0.1, -0.05) is 6.92 Å². The van der Waals surface area contributed by atoms with E-state index in [1.54, 1.807) is 0 Å². The Morgan fingerprint density at radius 1 is 1.46 bits per heavy atom. The van der Waals surface area contributed by atoms with Gasteiger partial charge in [0.15, 0.2) is 0 Å². The highest BCUT2D eigenvalue weighted by molar-refractivity contribution is 4.91. The molecule has 78 valence electrons. The van der Waals surface area contributed by atoms with Crippen molar-refractivity contribution in [1.29, 1.82) is 0 Å². The maximum atomic E-state index is 9.37. The van der Waals surface area contributed by atoms with Gasteiger partial charge in [0, 0.05) is 24.8 Å². The van der Waals surface area contributed by atoms with Crippen LogP contribution in [0.3, 0.4) is 0 Å². The van der Waals surface area contributed by atoms with E-state index in [0.29, 0.717) is 6.04 Å². The molecule has 2 N–H and O–H groups in total. The van der Waals surface area contributed by atoms with Gasteiger partial charge >= 0.3 is 0 Å². The lowest BCUT2D eigenvalue weighted by molar-refractivity contribution is 0.00734. The molecule has 1 aliphatic heterocycles. The highest BCUT2D eigenvalue weighted by Crippen LogP contribution is 2.21. The first-order chi connectivity index (χ1) is 6.22. The second kappa shape index (κ2) is 4.94. The average Bonchev–Trinajstić information content (AvgIpc) is 2.19. The predicted octanol–water partition coefficient (Wildman–Crippen LogP) is 0.916. The quantitative estimate of drug-likeness (QED) is 0.687. The van der Waals surface area contributed by atoms with Gasteiger partial charge in [-0.3, -0.25) is 0 Å². The third-order valence-corrected chi connectivity index (χ3v) is 2.92. The van der Waals surface area contributed by atoms with Crippen LogP contribution in [0.5, 0.6) is 0 Å². The maximum Gasteiger partial charge on any atom is 0.0615 e. The van der Waals surface area contributed by atoms with Gasteiger partial charge in [0.05, 0.1) is 6.61 Å². The smallest absolute Gasteiger partial charge is 0.0615 e. The number of aliphatic hydroxyl groups is 1. The first-order valence-electron chi connectivity index (χ1n) is 5.19. The molecule has 13 heavy (non-hydrogen) atoms. The molecule has 0 bridgehead atoms. The summed E-state index contributed by atoms with van der Waals surface area (Å²) in [4.78, 5) is 0. The SMILES string of the molecule is CCC(C)NC1(CO)CCOCC1. The molecule has 1 rings (SSSR count). The van der Waals surface area contributed by atoms with Crippen LogP contribution in [0.2, 0.25) is 0 Å². The molecular formula is C10H21NO2. The lowest BCUT2D eigenvalue weighted by Crippen LogP contribution is -2.55. The van der Waals surface area contributed by atoms with Crippen LogP contribution in [0.15, 0.2) is 0 Å². The molecule has 3 heteroatoms. The van der Waals surface area contributed by atoms with E-state index in [1.165, 1.54) is 0 Å². The summed E-state index contributed by atoms with van der Waals surface area (Å²) in [6.07, 6.45) is 2.95. The van der Waals surface area contributed by atoms with Crippen LogP contribution in [-0.4, -0.2) is 36.5 Å². The van der Waals surface area contributed by atoms with Gasteiger partial charge in [-0.2, -0.15) is 0 Å². The van der Waals surface area contributed by atoms with E-state index in [2.05, 4.69) is 19.2 Å². The third kappa shape index (κ3) is 2.93. The van der Waals surface area contributed by atoms with Gasteiger partial charge in [0.1, 0.15) is 0 Å². The fourth-order valence-electron chi connectivity index (χ4n) is 1.73. The molecular weight excluding hydrogens is 166 g/mol. The molecule has 0 amide bonds. The maximum absolute atomic E-state index is 9.37. The van der Waals surface area contributed by atoms with Gasteiger partial charge in [0.25, 0.3) is 0 Å². The fourth-order valence-corrected chi connectivity index (χ4v) is 1.73. The van der Waals surface area contributed by atoms with Crippen molar-refractivity contribution in [2.75, 3.05) is 19.8 Å². The minimum Gasteiger partial charge on any atom is -0.394 e. The van der Waals surface area contributed by atoms with Crippen molar-refractivity contribution in [3.63, 3.8) is 0 Å². The highest BCUT2D eigenvalue weighted by atomic mass is 16.5. The van der Waals surface area contributed by atoms with Gasteiger partial charge < -0.3 is 15.2 Å². The zero-order valence-electron chi connectivity index (χ0n) is 8.68. The largest absolute Gasteiger partial charge is 0.394 e. The molecule has 1 heterocycles. The van der Waals surface area contributed by atoms with Crippen LogP contribution >= 0.6 is 0 Å². The summed E-state index contributed by atoms with van der Waals surface area (Å²) < 4.78 is 5.29. The zero-order valence-corrected chi connectivity index (χ0v) is 8.68. The summed E-state index contributed by atoms with van der Waals surface area (Å²) in [5, 5.41) is 12.9. The molecule has 1 atom stereocenters. The molecule has 1 unspecified atom stereocenters. The summed E-state index contributed by atoms with van der Waals surface area (Å²) in [6.45, 7) is 6.07. The molecule has 0 saturated carbocycles. The summed E-state index contributed by atoms with van der Waals surface area (Å²) >= 11 is 0. The van der Waals surface area contributed by atoms with E-state index >= 15 is 0 Å². The number of nitrogens with one attached hydrogen (secondary N) is 1. The van der Waals surface area contributed by atoms with E-state index in [9.17, 15) is 5.11 Å². The van der Waals surface area contributed by atoms with Crippen LogP contribution in [0, 0.1) is 0 Å². The number of hydrogen-bond acceptors (Lipinski definition) is 3. The molecule has 1 saturated heterocycles. The summed E-state index contributed by atoms with van der Waals surface area (Å²) in [7, 11) is 0. The Labute approximate surface area is 80.5 Å². The van der Waals surface area contributed by atoms with Crippen molar-refractivity contribution in [2.24, 2.45) is 0 Å². The van der Waals surface area contributed by atoms with E-state index in [0.717, 1.165) is 32.5 Å². The van der Waals surface area contributed by atoms with E-state index in [1.807, 2.05) is 0 Å². The van der Waals surface area contributed by atoms with Crippen LogP contribution in [0.4, 0.5) is 0 Å². The second-order valence-corrected chi connectivity index (χ2v) is 4.00. The van der Waals surface area contributed by atoms with Crippen LogP contribution < -0.4 is 5.32 Å². The van der Waals surface area contributed by atoms with Crippen molar-refractivity contribution >= 4 is 0 Å². The van der Waals surface area contributed by atoms with Crippen molar-refractivity contribution in [2.45, 2.75) is 44.7 Å². The first kappa shape index (κ1) is 11.0. The Hall–Kier alpha value is -0.120. The van der Waals surface area contributed by atoms with Crippen molar-refractivity contribution in [3.8, 4) is 0 Å². The minimum absolute atomic E-state index is 0.0757. The number of aliphatic hydroxyl groups excluding tert-OH is 1. The lowest BCUT2D eigenvalue weighted by atomic mass is 9.90. The van der Waals surface area contributed by atoms with Gasteiger partial charge in [0.2, 0.25) is 0 Å². The second-order valence-electron chi connectivity index (χ2n) is 4.00. The fraction of sp³-hybridized carbons (Fsp3) is 1.00. The van der Waals surface area contributed by atoms with Crippen LogP contribution in [0.25, 0.3) is 0 Å². The number of ether oxygens (including phenoxy) is 1. The monoisotopic (exact) mass is 187 g/mol. The van der Waals surface area contributed by atoms with Gasteiger partial charge in [-0.05, 0) is 26.2 Å². The Kier molecular flexibility index (Phi) is 4.16. The van der Waals surface area contributed by atoms with Crippen LogP contribution in [0.1, 0.15) is 33.1 Å². The molecule has 1 fully saturated rings. The van der Waals surface area contributed by atoms with Gasteiger partial charge in [-0.15, -0.1) is 0 Å². The summed E-state index contributed by atoms with van der Waals surface area (Å²) in [5.41, 5.74) is -0.0757. The van der Waals surface area contributed by atoms with Crippen molar-refractivity contribution in [3.05, 3.63) is 0 Å². The highest BCUT2D eigenvalue weighted by Gasteiger charge is 2.32. The molecule has 0 aromatic carbocycles. The normalized spacial score (nSPS) is 24.2. The van der Waals surface area contributed by atoms with E-state index in [4.69, 9.17) is 4.74 Å². The topological polar surface area (TPSA) is 41.5 Å². The Balaban J connectivity index is 2.47. The van der Waals surface area contributed by atoms with E-state index < -0.39 is 0 Å². The zero-order chi connectivity index (χ0) is 9.73. The average molecular weight is 187 g/mol. The molecule has 0 aromatic rings. The predicted molar refractivity (Wildman–Crippen MR) is 52.8 cm³/mol. The minimum atomic E-state index is -0.0757. The molecule has 0 radical (unpaired) electrons. The molecule has 0 aliphatic carbocycles. The Bertz CT molecular complexity index is 144. The first-order valence-corrected chi connectivity index (χ1v) is 5.19. The molecule has 0 aromatic heterocycles. The standard InChI is InChI=1S/C10H21NO2/c1-3-9(2)11-10(8-12)4-6-13-7-5-10/h9,11-12H,3-8H2,1-2H3. The molecule has 3 nitrogen and oxygen atoms in total. The number of rotatable bonds is 4. The summed E-state index contributed by atoms with van der Waals surface area (Å²) in [6, 6.07) is 0.477. The Morgan fingerprint density at radius 3 is 2.54 bits per heavy atom. The van der Waals surface area contributed by atoms with E-state index in [-0.39, 0.29) is 12.1 Å². The third-order valence-electron chi connectivity index (χ3n) is 2.92.